The van der Waals surface area contributed by atoms with E-state index in [0.29, 0.717) is 17.1 Å². The standard InChI is InChI=1S/C15H20FN5/c1-15(2)7-3-4-11(9-15)21-14(18-19-20-21)12-6-5-10(17)8-13(12)16/h5-6,8,11H,3-4,7,9,17H2,1-2H3. The van der Waals surface area contributed by atoms with Crippen LogP contribution in [0.5, 0.6) is 0 Å². The van der Waals surface area contributed by atoms with Gasteiger partial charge in [0.2, 0.25) is 0 Å². The molecule has 1 heterocycles. The van der Waals surface area contributed by atoms with E-state index in [4.69, 9.17) is 5.73 Å². The van der Waals surface area contributed by atoms with Crippen LogP contribution in [0.25, 0.3) is 11.4 Å². The molecular weight excluding hydrogens is 269 g/mol. The Morgan fingerprint density at radius 1 is 1.38 bits per heavy atom. The molecular formula is C15H20FN5. The van der Waals surface area contributed by atoms with Crippen molar-refractivity contribution >= 4 is 5.69 Å². The molecule has 2 aromatic rings. The molecule has 112 valence electrons. The van der Waals surface area contributed by atoms with Crippen LogP contribution in [0.2, 0.25) is 0 Å². The molecule has 1 fully saturated rings. The molecule has 0 aliphatic heterocycles. The molecule has 1 aliphatic rings. The maximum Gasteiger partial charge on any atom is 0.185 e. The number of nitrogens with two attached hydrogens (primary N) is 1. The van der Waals surface area contributed by atoms with Gasteiger partial charge in [-0.05, 0) is 53.3 Å². The molecule has 0 bridgehead atoms. The number of hydrogen-bond acceptors (Lipinski definition) is 4. The molecule has 1 aromatic heterocycles. The summed E-state index contributed by atoms with van der Waals surface area (Å²) in [5.74, 6) is 0.0938. The topological polar surface area (TPSA) is 69.6 Å². The summed E-state index contributed by atoms with van der Waals surface area (Å²) in [6.45, 7) is 4.51. The van der Waals surface area contributed by atoms with Crippen LogP contribution in [-0.2, 0) is 0 Å². The van der Waals surface area contributed by atoms with Crippen molar-refractivity contribution < 1.29 is 4.39 Å². The fraction of sp³-hybridized carbons (Fsp3) is 0.533. The van der Waals surface area contributed by atoms with E-state index in [1.807, 2.05) is 0 Å². The molecule has 0 amide bonds. The van der Waals surface area contributed by atoms with E-state index in [0.717, 1.165) is 19.3 Å². The number of hydrogen-bond donors (Lipinski definition) is 1. The lowest BCUT2D eigenvalue weighted by atomic mass is 9.75. The smallest absolute Gasteiger partial charge is 0.185 e. The van der Waals surface area contributed by atoms with Crippen LogP contribution < -0.4 is 5.73 Å². The van der Waals surface area contributed by atoms with Gasteiger partial charge in [0, 0.05) is 5.69 Å². The summed E-state index contributed by atoms with van der Waals surface area (Å²) < 4.78 is 15.9. The van der Waals surface area contributed by atoms with Crippen molar-refractivity contribution in [1.82, 2.24) is 20.2 Å². The Balaban J connectivity index is 1.97. The minimum Gasteiger partial charge on any atom is -0.399 e. The van der Waals surface area contributed by atoms with E-state index in [2.05, 4.69) is 29.4 Å². The fourth-order valence-electron chi connectivity index (χ4n) is 3.20. The van der Waals surface area contributed by atoms with E-state index in [1.165, 1.54) is 12.5 Å². The highest BCUT2D eigenvalue weighted by molar-refractivity contribution is 5.59. The van der Waals surface area contributed by atoms with Crippen molar-refractivity contribution in [2.24, 2.45) is 5.41 Å². The Bertz CT molecular complexity index is 649. The average molecular weight is 289 g/mol. The lowest BCUT2D eigenvalue weighted by Crippen LogP contribution is -2.26. The largest absolute Gasteiger partial charge is 0.399 e. The summed E-state index contributed by atoms with van der Waals surface area (Å²) in [6.07, 6.45) is 4.37. The van der Waals surface area contributed by atoms with Crippen molar-refractivity contribution in [3.8, 4) is 11.4 Å². The third kappa shape index (κ3) is 2.75. The van der Waals surface area contributed by atoms with E-state index < -0.39 is 0 Å². The third-order valence-corrected chi connectivity index (χ3v) is 4.25. The van der Waals surface area contributed by atoms with Crippen LogP contribution in [0.4, 0.5) is 10.1 Å². The van der Waals surface area contributed by atoms with Gasteiger partial charge in [0.25, 0.3) is 0 Å². The van der Waals surface area contributed by atoms with Gasteiger partial charge in [-0.1, -0.05) is 20.3 Å². The second-order valence-electron chi connectivity index (χ2n) is 6.60. The van der Waals surface area contributed by atoms with Gasteiger partial charge in [0.15, 0.2) is 5.82 Å². The van der Waals surface area contributed by atoms with Gasteiger partial charge >= 0.3 is 0 Å². The van der Waals surface area contributed by atoms with Crippen molar-refractivity contribution in [3.63, 3.8) is 0 Å². The first-order valence-corrected chi connectivity index (χ1v) is 7.29. The Kier molecular flexibility index (Phi) is 3.39. The van der Waals surface area contributed by atoms with Crippen LogP contribution in [0.3, 0.4) is 0 Å². The Labute approximate surface area is 123 Å². The summed E-state index contributed by atoms with van der Waals surface area (Å²) in [6, 6.07) is 4.83. The molecule has 0 radical (unpaired) electrons. The predicted octanol–water partition coefficient (Wildman–Crippen LogP) is 3.20. The summed E-state index contributed by atoms with van der Waals surface area (Å²) in [7, 11) is 0. The van der Waals surface area contributed by atoms with Crippen molar-refractivity contribution in [2.45, 2.75) is 45.6 Å². The predicted molar refractivity (Wildman–Crippen MR) is 78.9 cm³/mol. The van der Waals surface area contributed by atoms with Gasteiger partial charge in [-0.3, -0.25) is 0 Å². The Morgan fingerprint density at radius 3 is 2.90 bits per heavy atom. The van der Waals surface area contributed by atoms with Gasteiger partial charge < -0.3 is 5.73 Å². The van der Waals surface area contributed by atoms with Crippen LogP contribution in [0, 0.1) is 11.2 Å². The SMILES string of the molecule is CC1(C)CCCC(n2nnnc2-c2ccc(N)cc2F)C1. The first kappa shape index (κ1) is 14.0. The lowest BCUT2D eigenvalue weighted by Gasteiger charge is -2.35. The van der Waals surface area contributed by atoms with Crippen LogP contribution in [-0.4, -0.2) is 20.2 Å². The number of rotatable bonds is 2. The quantitative estimate of drug-likeness (QED) is 0.862. The van der Waals surface area contributed by atoms with Crippen molar-refractivity contribution in [1.29, 1.82) is 0 Å². The van der Waals surface area contributed by atoms with E-state index >= 15 is 0 Å². The number of benzene rings is 1. The number of halogens is 1. The van der Waals surface area contributed by atoms with Crippen LogP contribution in [0.15, 0.2) is 18.2 Å². The molecule has 21 heavy (non-hydrogen) atoms. The molecule has 1 unspecified atom stereocenters. The second-order valence-corrected chi connectivity index (χ2v) is 6.60. The minimum absolute atomic E-state index is 0.218. The molecule has 3 rings (SSSR count). The molecule has 1 aliphatic carbocycles. The monoisotopic (exact) mass is 289 g/mol. The summed E-state index contributed by atoms with van der Waals surface area (Å²) in [5, 5.41) is 11.9. The Morgan fingerprint density at radius 2 is 2.19 bits per heavy atom. The zero-order chi connectivity index (χ0) is 15.0. The molecule has 1 atom stereocenters. The summed E-state index contributed by atoms with van der Waals surface area (Å²) in [4.78, 5) is 0. The van der Waals surface area contributed by atoms with Gasteiger partial charge in [-0.15, -0.1) is 5.10 Å². The maximum absolute atomic E-state index is 14.1. The van der Waals surface area contributed by atoms with E-state index in [-0.39, 0.29) is 17.3 Å². The molecule has 6 heteroatoms. The molecule has 0 saturated heterocycles. The number of nitrogen functional groups attached to an aromatic ring is 1. The number of anilines is 1. The van der Waals surface area contributed by atoms with E-state index in [1.54, 1.807) is 16.8 Å². The lowest BCUT2D eigenvalue weighted by molar-refractivity contribution is 0.174. The minimum atomic E-state index is -0.388. The van der Waals surface area contributed by atoms with Crippen molar-refractivity contribution in [3.05, 3.63) is 24.0 Å². The number of nitrogens with zero attached hydrogens (tertiary/aromatic N) is 4. The molecule has 2 N–H and O–H groups in total. The van der Waals surface area contributed by atoms with Gasteiger partial charge in [-0.25, -0.2) is 9.07 Å². The zero-order valence-corrected chi connectivity index (χ0v) is 12.4. The molecule has 5 nitrogen and oxygen atoms in total. The highest BCUT2D eigenvalue weighted by Crippen LogP contribution is 2.41. The highest BCUT2D eigenvalue weighted by atomic mass is 19.1. The normalized spacial score (nSPS) is 21.4. The number of tetrazole rings is 1. The average Bonchev–Trinajstić information content (AvgIpc) is 2.86. The summed E-state index contributed by atoms with van der Waals surface area (Å²) >= 11 is 0. The Hall–Kier alpha value is -1.98. The fourth-order valence-corrected chi connectivity index (χ4v) is 3.20. The zero-order valence-electron chi connectivity index (χ0n) is 12.4. The molecule has 0 spiro atoms. The highest BCUT2D eigenvalue weighted by Gasteiger charge is 2.31. The molecule has 1 saturated carbocycles. The molecule has 1 aromatic carbocycles. The third-order valence-electron chi connectivity index (χ3n) is 4.25. The van der Waals surface area contributed by atoms with E-state index in [9.17, 15) is 4.39 Å². The number of aromatic nitrogens is 4. The first-order valence-electron chi connectivity index (χ1n) is 7.29. The first-order chi connectivity index (χ1) is 9.96. The van der Waals surface area contributed by atoms with Gasteiger partial charge in [-0.2, -0.15) is 0 Å². The van der Waals surface area contributed by atoms with Gasteiger partial charge in [0.05, 0.1) is 11.6 Å². The van der Waals surface area contributed by atoms with Crippen LogP contribution in [0.1, 0.15) is 45.6 Å². The summed E-state index contributed by atoms with van der Waals surface area (Å²) in [5.41, 5.74) is 6.67. The second kappa shape index (κ2) is 5.09. The van der Waals surface area contributed by atoms with Gasteiger partial charge in [0.1, 0.15) is 5.82 Å². The maximum atomic E-state index is 14.1. The van der Waals surface area contributed by atoms with Crippen molar-refractivity contribution in [2.75, 3.05) is 5.73 Å². The van der Waals surface area contributed by atoms with Crippen LogP contribution >= 0.6 is 0 Å².